The average Bonchev–Trinajstić information content (AvgIpc) is 2.39. The smallest absolute Gasteiger partial charge is 0.342 e. The Bertz CT molecular complexity index is 579. The third kappa shape index (κ3) is 1.98. The second-order valence-electron chi connectivity index (χ2n) is 4.38. The molecule has 0 amide bonds. The lowest BCUT2D eigenvalue weighted by atomic mass is 10.0. The van der Waals surface area contributed by atoms with Gasteiger partial charge in [-0.15, -0.1) is 0 Å². The van der Waals surface area contributed by atoms with Crippen molar-refractivity contribution in [1.82, 2.24) is 0 Å². The summed E-state index contributed by atoms with van der Waals surface area (Å²) < 4.78 is 10.9. The molecule has 1 fully saturated rings. The van der Waals surface area contributed by atoms with Gasteiger partial charge < -0.3 is 9.15 Å². The number of para-hydroxylation sites is 1. The molecule has 1 aliphatic heterocycles. The topological polar surface area (TPSA) is 39.4 Å². The van der Waals surface area contributed by atoms with Crippen LogP contribution < -0.4 is 5.63 Å². The third-order valence-corrected chi connectivity index (χ3v) is 3.19. The third-order valence-electron chi connectivity index (χ3n) is 3.19. The monoisotopic (exact) mass is 230 g/mol. The van der Waals surface area contributed by atoms with Gasteiger partial charge in [-0.05, 0) is 31.4 Å². The molecule has 0 saturated carbocycles. The Labute approximate surface area is 99.0 Å². The van der Waals surface area contributed by atoms with E-state index in [1.807, 2.05) is 30.3 Å². The van der Waals surface area contributed by atoms with Gasteiger partial charge in [0, 0.05) is 12.0 Å². The van der Waals surface area contributed by atoms with Gasteiger partial charge in [0.15, 0.2) is 0 Å². The Hall–Kier alpha value is -1.61. The van der Waals surface area contributed by atoms with E-state index in [0.717, 1.165) is 31.3 Å². The fourth-order valence-electron chi connectivity index (χ4n) is 2.29. The first kappa shape index (κ1) is 10.5. The van der Waals surface area contributed by atoms with Gasteiger partial charge in [-0.1, -0.05) is 18.2 Å². The van der Waals surface area contributed by atoms with E-state index in [-0.39, 0.29) is 11.7 Å². The summed E-state index contributed by atoms with van der Waals surface area (Å²) in [5, 5.41) is 0.955. The molecule has 1 unspecified atom stereocenters. The molecule has 0 spiro atoms. The first-order chi connectivity index (χ1) is 8.34. The van der Waals surface area contributed by atoms with Crippen molar-refractivity contribution in [2.24, 2.45) is 0 Å². The Morgan fingerprint density at radius 3 is 2.88 bits per heavy atom. The predicted molar refractivity (Wildman–Crippen MR) is 65.0 cm³/mol. The van der Waals surface area contributed by atoms with Crippen molar-refractivity contribution in [2.45, 2.75) is 25.4 Å². The minimum Gasteiger partial charge on any atom is -0.422 e. The Morgan fingerprint density at radius 2 is 2.06 bits per heavy atom. The summed E-state index contributed by atoms with van der Waals surface area (Å²) in [6, 6.07) is 9.46. The zero-order chi connectivity index (χ0) is 11.7. The number of hydrogen-bond donors (Lipinski definition) is 0. The van der Waals surface area contributed by atoms with Gasteiger partial charge in [-0.2, -0.15) is 0 Å². The van der Waals surface area contributed by atoms with Gasteiger partial charge in [-0.3, -0.25) is 0 Å². The number of fused-ring (bicyclic) bond motifs is 1. The highest BCUT2D eigenvalue weighted by Gasteiger charge is 2.20. The second-order valence-corrected chi connectivity index (χ2v) is 4.38. The standard InChI is InChI=1S/C14H14O3/c15-14-11(13-7-3-4-8-16-13)9-10-5-1-2-6-12(10)17-14/h1-2,5-6,9,13H,3-4,7-8H2. The summed E-state index contributed by atoms with van der Waals surface area (Å²) in [6.45, 7) is 0.733. The van der Waals surface area contributed by atoms with E-state index in [9.17, 15) is 4.79 Å². The van der Waals surface area contributed by atoms with Gasteiger partial charge in [0.2, 0.25) is 0 Å². The molecule has 0 radical (unpaired) electrons. The number of rotatable bonds is 1. The zero-order valence-electron chi connectivity index (χ0n) is 9.52. The number of hydrogen-bond acceptors (Lipinski definition) is 3. The van der Waals surface area contributed by atoms with Crippen LogP contribution in [0.5, 0.6) is 0 Å². The zero-order valence-corrected chi connectivity index (χ0v) is 9.52. The van der Waals surface area contributed by atoms with Crippen molar-refractivity contribution in [3.8, 4) is 0 Å². The number of benzene rings is 1. The van der Waals surface area contributed by atoms with Crippen molar-refractivity contribution in [3.05, 3.63) is 46.3 Å². The van der Waals surface area contributed by atoms with Crippen molar-refractivity contribution < 1.29 is 9.15 Å². The molecule has 3 heteroatoms. The molecule has 1 aromatic carbocycles. The largest absolute Gasteiger partial charge is 0.422 e. The molecular weight excluding hydrogens is 216 g/mol. The molecule has 1 saturated heterocycles. The van der Waals surface area contributed by atoms with Crippen LogP contribution in [-0.2, 0) is 4.74 Å². The van der Waals surface area contributed by atoms with Gasteiger partial charge in [-0.25, -0.2) is 4.79 Å². The predicted octanol–water partition coefficient (Wildman–Crippen LogP) is 3.03. The summed E-state index contributed by atoms with van der Waals surface area (Å²) in [5.74, 6) is 0. The Balaban J connectivity index is 2.09. The maximum Gasteiger partial charge on any atom is 0.342 e. The van der Waals surface area contributed by atoms with E-state index in [1.54, 1.807) is 0 Å². The van der Waals surface area contributed by atoms with E-state index < -0.39 is 0 Å². The van der Waals surface area contributed by atoms with Crippen LogP contribution in [0.25, 0.3) is 11.0 Å². The van der Waals surface area contributed by atoms with E-state index in [2.05, 4.69) is 0 Å². The maximum absolute atomic E-state index is 11.9. The fourth-order valence-corrected chi connectivity index (χ4v) is 2.29. The lowest BCUT2D eigenvalue weighted by Gasteiger charge is -2.21. The van der Waals surface area contributed by atoms with E-state index in [0.29, 0.717) is 11.1 Å². The van der Waals surface area contributed by atoms with E-state index >= 15 is 0 Å². The molecule has 17 heavy (non-hydrogen) atoms. The quantitative estimate of drug-likeness (QED) is 0.707. The molecule has 88 valence electrons. The molecule has 1 aromatic heterocycles. The molecular formula is C14H14O3. The van der Waals surface area contributed by atoms with Crippen LogP contribution in [0.4, 0.5) is 0 Å². The van der Waals surface area contributed by atoms with Crippen LogP contribution in [0.15, 0.2) is 39.5 Å². The molecule has 3 nitrogen and oxygen atoms in total. The van der Waals surface area contributed by atoms with Crippen molar-refractivity contribution in [3.63, 3.8) is 0 Å². The SMILES string of the molecule is O=c1oc2ccccc2cc1C1CCCCO1. The van der Waals surface area contributed by atoms with Crippen LogP contribution in [0.1, 0.15) is 30.9 Å². The minimum absolute atomic E-state index is 0.0930. The lowest BCUT2D eigenvalue weighted by Crippen LogP contribution is -2.18. The molecule has 2 heterocycles. The fraction of sp³-hybridized carbons (Fsp3) is 0.357. The first-order valence-electron chi connectivity index (χ1n) is 5.99. The van der Waals surface area contributed by atoms with Gasteiger partial charge in [0.05, 0.1) is 11.7 Å². The van der Waals surface area contributed by atoms with Crippen LogP contribution in [-0.4, -0.2) is 6.61 Å². The van der Waals surface area contributed by atoms with Gasteiger partial charge in [0.25, 0.3) is 0 Å². The van der Waals surface area contributed by atoms with Gasteiger partial charge >= 0.3 is 5.63 Å². The Morgan fingerprint density at radius 1 is 1.18 bits per heavy atom. The van der Waals surface area contributed by atoms with Crippen LogP contribution in [0.3, 0.4) is 0 Å². The minimum atomic E-state index is -0.268. The average molecular weight is 230 g/mol. The summed E-state index contributed by atoms with van der Waals surface area (Å²) >= 11 is 0. The van der Waals surface area contributed by atoms with Crippen LogP contribution in [0.2, 0.25) is 0 Å². The van der Waals surface area contributed by atoms with E-state index in [4.69, 9.17) is 9.15 Å². The molecule has 3 rings (SSSR count). The van der Waals surface area contributed by atoms with Gasteiger partial charge in [0.1, 0.15) is 5.58 Å². The Kier molecular flexibility index (Phi) is 2.69. The second kappa shape index (κ2) is 4.34. The molecule has 1 atom stereocenters. The molecule has 2 aromatic rings. The summed E-state index contributed by atoms with van der Waals surface area (Å²) in [4.78, 5) is 11.9. The van der Waals surface area contributed by atoms with Crippen molar-refractivity contribution in [2.75, 3.05) is 6.61 Å². The van der Waals surface area contributed by atoms with Crippen LogP contribution >= 0.6 is 0 Å². The van der Waals surface area contributed by atoms with Crippen molar-refractivity contribution >= 4 is 11.0 Å². The molecule has 0 bridgehead atoms. The highest BCUT2D eigenvalue weighted by atomic mass is 16.5. The molecule has 0 aliphatic carbocycles. The molecule has 1 aliphatic rings. The van der Waals surface area contributed by atoms with Crippen molar-refractivity contribution in [1.29, 1.82) is 0 Å². The summed E-state index contributed by atoms with van der Waals surface area (Å²) in [5.41, 5.74) is 1.02. The lowest BCUT2D eigenvalue weighted by molar-refractivity contribution is 0.0131. The number of ether oxygens (including phenoxy) is 1. The highest BCUT2D eigenvalue weighted by Crippen LogP contribution is 2.27. The van der Waals surface area contributed by atoms with E-state index in [1.165, 1.54) is 0 Å². The highest BCUT2D eigenvalue weighted by molar-refractivity contribution is 5.76. The normalized spacial score (nSPS) is 20.6. The molecule has 0 N–H and O–H groups in total. The summed E-state index contributed by atoms with van der Waals surface area (Å²) in [6.07, 6.45) is 3.00. The first-order valence-corrected chi connectivity index (χ1v) is 5.99. The maximum atomic E-state index is 11.9. The summed E-state index contributed by atoms with van der Waals surface area (Å²) in [7, 11) is 0. The van der Waals surface area contributed by atoms with Crippen LogP contribution in [0, 0.1) is 0 Å².